The zero-order valence-electron chi connectivity index (χ0n) is 21.4. The van der Waals surface area contributed by atoms with Gasteiger partial charge in [0.1, 0.15) is 15.8 Å². The van der Waals surface area contributed by atoms with E-state index in [4.69, 9.17) is 4.74 Å². The molecule has 3 rings (SSSR count). The molecule has 0 N–H and O–H groups in total. The standard InChI is InChI=1S/C30H42N2OS/c1-4-5-6-7-8-9-10-11-23-33-28-21-19-27(20-22-28)30-32-31-29(34-30)26-17-15-25(16-18-26)14-12-13-24(2)3/h15-22,24H,4-14,23H2,1-3H3. The van der Waals surface area contributed by atoms with Gasteiger partial charge in [-0.25, -0.2) is 0 Å². The van der Waals surface area contributed by atoms with Gasteiger partial charge >= 0.3 is 0 Å². The molecule has 0 aliphatic rings. The minimum Gasteiger partial charge on any atom is -0.494 e. The molecule has 0 spiro atoms. The number of hydrogen-bond acceptors (Lipinski definition) is 4. The average molecular weight is 479 g/mol. The molecule has 0 atom stereocenters. The molecule has 184 valence electrons. The number of nitrogens with zero attached hydrogens (tertiary/aromatic N) is 2. The van der Waals surface area contributed by atoms with Crippen molar-refractivity contribution in [2.75, 3.05) is 6.61 Å². The molecular formula is C30H42N2OS. The van der Waals surface area contributed by atoms with E-state index in [1.807, 2.05) is 12.1 Å². The molecule has 0 aliphatic carbocycles. The van der Waals surface area contributed by atoms with Crippen LogP contribution >= 0.6 is 11.3 Å². The van der Waals surface area contributed by atoms with Gasteiger partial charge in [-0.3, -0.25) is 0 Å². The van der Waals surface area contributed by atoms with Crippen molar-refractivity contribution in [2.45, 2.75) is 91.4 Å². The summed E-state index contributed by atoms with van der Waals surface area (Å²) in [5, 5.41) is 10.8. The van der Waals surface area contributed by atoms with Crippen molar-refractivity contribution in [3.05, 3.63) is 54.1 Å². The van der Waals surface area contributed by atoms with E-state index in [9.17, 15) is 0 Å². The Balaban J connectivity index is 1.42. The Hall–Kier alpha value is -2.20. The molecule has 2 aromatic carbocycles. The fraction of sp³-hybridized carbons (Fsp3) is 0.533. The summed E-state index contributed by atoms with van der Waals surface area (Å²) in [4.78, 5) is 0. The van der Waals surface area contributed by atoms with E-state index < -0.39 is 0 Å². The second-order valence-corrected chi connectivity index (χ2v) is 10.7. The van der Waals surface area contributed by atoms with Gasteiger partial charge in [-0.05, 0) is 55.0 Å². The second-order valence-electron chi connectivity index (χ2n) is 9.74. The first-order chi connectivity index (χ1) is 16.7. The summed E-state index contributed by atoms with van der Waals surface area (Å²) in [7, 11) is 0. The van der Waals surface area contributed by atoms with Crippen LogP contribution in [0.5, 0.6) is 5.75 Å². The summed E-state index contributed by atoms with van der Waals surface area (Å²) in [5.41, 5.74) is 3.63. The van der Waals surface area contributed by atoms with Gasteiger partial charge in [0.15, 0.2) is 0 Å². The third-order valence-corrected chi connectivity index (χ3v) is 7.26. The van der Waals surface area contributed by atoms with Crippen molar-refractivity contribution in [3.8, 4) is 26.9 Å². The first-order valence-corrected chi connectivity index (χ1v) is 14.1. The molecule has 3 nitrogen and oxygen atoms in total. The zero-order chi connectivity index (χ0) is 24.0. The van der Waals surface area contributed by atoms with Crippen LogP contribution in [0, 0.1) is 5.92 Å². The van der Waals surface area contributed by atoms with Crippen molar-refractivity contribution in [1.82, 2.24) is 10.2 Å². The normalized spacial score (nSPS) is 11.3. The highest BCUT2D eigenvalue weighted by Gasteiger charge is 2.09. The van der Waals surface area contributed by atoms with Crippen LogP contribution in [0.3, 0.4) is 0 Å². The van der Waals surface area contributed by atoms with Crippen LogP contribution < -0.4 is 4.74 Å². The summed E-state index contributed by atoms with van der Waals surface area (Å²) >= 11 is 1.64. The highest BCUT2D eigenvalue weighted by molar-refractivity contribution is 7.17. The highest BCUT2D eigenvalue weighted by Crippen LogP contribution is 2.31. The van der Waals surface area contributed by atoms with Crippen molar-refractivity contribution < 1.29 is 4.74 Å². The maximum Gasteiger partial charge on any atom is 0.148 e. The fourth-order valence-corrected chi connectivity index (χ4v) is 4.96. The Kier molecular flexibility index (Phi) is 11.6. The SMILES string of the molecule is CCCCCCCCCCOc1ccc(-c2nnc(-c3ccc(CCCC(C)C)cc3)s2)cc1. The van der Waals surface area contributed by atoms with Gasteiger partial charge in [0.05, 0.1) is 6.61 Å². The van der Waals surface area contributed by atoms with Crippen molar-refractivity contribution in [1.29, 1.82) is 0 Å². The van der Waals surface area contributed by atoms with E-state index in [-0.39, 0.29) is 0 Å². The molecule has 34 heavy (non-hydrogen) atoms. The first kappa shape index (κ1) is 26.4. The molecule has 0 saturated heterocycles. The Bertz CT molecular complexity index is 931. The number of ether oxygens (including phenoxy) is 1. The van der Waals surface area contributed by atoms with Crippen LogP contribution in [-0.2, 0) is 6.42 Å². The predicted molar refractivity (Wildman–Crippen MR) is 147 cm³/mol. The number of benzene rings is 2. The van der Waals surface area contributed by atoms with E-state index in [1.54, 1.807) is 11.3 Å². The molecule has 0 radical (unpaired) electrons. The van der Waals surface area contributed by atoms with Crippen LogP contribution in [0.1, 0.15) is 90.5 Å². The molecule has 0 aliphatic heterocycles. The van der Waals surface area contributed by atoms with Crippen molar-refractivity contribution >= 4 is 11.3 Å². The lowest BCUT2D eigenvalue weighted by atomic mass is 10.0. The lowest BCUT2D eigenvalue weighted by molar-refractivity contribution is 0.304. The third-order valence-electron chi connectivity index (χ3n) is 6.24. The molecule has 4 heteroatoms. The summed E-state index contributed by atoms with van der Waals surface area (Å²) < 4.78 is 5.94. The van der Waals surface area contributed by atoms with Gasteiger partial charge in [0.2, 0.25) is 0 Å². The molecular weight excluding hydrogens is 436 g/mol. The summed E-state index contributed by atoms with van der Waals surface area (Å²) in [6.07, 6.45) is 14.2. The van der Waals surface area contributed by atoms with Crippen LogP contribution in [0.15, 0.2) is 48.5 Å². The maximum absolute atomic E-state index is 5.94. The molecule has 0 unspecified atom stereocenters. The number of unbranched alkanes of at least 4 members (excludes halogenated alkanes) is 7. The van der Waals surface area contributed by atoms with E-state index in [0.29, 0.717) is 0 Å². The smallest absolute Gasteiger partial charge is 0.148 e. The molecule has 1 heterocycles. The van der Waals surface area contributed by atoms with Gasteiger partial charge in [-0.1, -0.05) is 108 Å². The van der Waals surface area contributed by atoms with Crippen LogP contribution in [0.2, 0.25) is 0 Å². The highest BCUT2D eigenvalue weighted by atomic mass is 32.1. The zero-order valence-corrected chi connectivity index (χ0v) is 22.2. The molecule has 1 aromatic heterocycles. The number of rotatable bonds is 16. The minimum atomic E-state index is 0.773. The van der Waals surface area contributed by atoms with E-state index in [2.05, 4.69) is 67.4 Å². The lowest BCUT2D eigenvalue weighted by Gasteiger charge is -2.06. The van der Waals surface area contributed by atoms with E-state index in [1.165, 1.54) is 63.4 Å². The quantitative estimate of drug-likeness (QED) is 0.192. The lowest BCUT2D eigenvalue weighted by Crippen LogP contribution is -1.97. The Morgan fingerprint density at radius 2 is 1.26 bits per heavy atom. The van der Waals surface area contributed by atoms with Crippen LogP contribution in [0.25, 0.3) is 21.1 Å². The fourth-order valence-electron chi connectivity index (χ4n) is 4.10. The van der Waals surface area contributed by atoms with Crippen molar-refractivity contribution in [2.24, 2.45) is 5.92 Å². The van der Waals surface area contributed by atoms with E-state index in [0.717, 1.165) is 52.3 Å². The molecule has 3 aromatic rings. The third kappa shape index (κ3) is 9.21. The Morgan fingerprint density at radius 1 is 0.706 bits per heavy atom. The number of hydrogen-bond donors (Lipinski definition) is 0. The predicted octanol–water partition coefficient (Wildman–Crippen LogP) is 9.37. The van der Waals surface area contributed by atoms with Gasteiger partial charge in [-0.2, -0.15) is 0 Å². The Labute approximate surface area is 211 Å². The summed E-state index contributed by atoms with van der Waals surface area (Å²) in [6.45, 7) is 7.64. The second kappa shape index (κ2) is 14.9. The Morgan fingerprint density at radius 3 is 1.85 bits per heavy atom. The number of aromatic nitrogens is 2. The monoisotopic (exact) mass is 478 g/mol. The molecule has 0 bridgehead atoms. The molecule has 0 fully saturated rings. The summed E-state index contributed by atoms with van der Waals surface area (Å²) in [6, 6.07) is 17.1. The van der Waals surface area contributed by atoms with Crippen molar-refractivity contribution in [3.63, 3.8) is 0 Å². The van der Waals surface area contributed by atoms with Gasteiger partial charge in [0.25, 0.3) is 0 Å². The van der Waals surface area contributed by atoms with E-state index >= 15 is 0 Å². The van der Waals surface area contributed by atoms with Crippen LogP contribution in [0.4, 0.5) is 0 Å². The average Bonchev–Trinajstić information content (AvgIpc) is 3.34. The van der Waals surface area contributed by atoms with Gasteiger partial charge < -0.3 is 4.74 Å². The minimum absolute atomic E-state index is 0.773. The largest absolute Gasteiger partial charge is 0.494 e. The first-order valence-electron chi connectivity index (χ1n) is 13.3. The van der Waals surface area contributed by atoms with Crippen LogP contribution in [-0.4, -0.2) is 16.8 Å². The van der Waals surface area contributed by atoms with Gasteiger partial charge in [-0.15, -0.1) is 10.2 Å². The number of aryl methyl sites for hydroxylation is 1. The molecule has 0 amide bonds. The van der Waals surface area contributed by atoms with Gasteiger partial charge in [0, 0.05) is 11.1 Å². The molecule has 0 saturated carbocycles. The summed E-state index contributed by atoms with van der Waals surface area (Å²) in [5.74, 6) is 1.71. The topological polar surface area (TPSA) is 35.0 Å². The maximum atomic E-state index is 5.94.